The molecule has 0 spiro atoms. The first-order valence-electron chi connectivity index (χ1n) is 5.23. The van der Waals surface area contributed by atoms with Gasteiger partial charge in [-0.25, -0.2) is 5.43 Å². The average Bonchev–Trinajstić information content (AvgIpc) is 2.40. The number of ether oxygens (including phenoxy) is 1. The van der Waals surface area contributed by atoms with Crippen molar-refractivity contribution in [1.29, 1.82) is 5.26 Å². The second-order valence-corrected chi connectivity index (χ2v) is 3.48. The number of methoxy groups -OCH3 is 1. The molecule has 1 amide bonds. The van der Waals surface area contributed by atoms with Crippen LogP contribution in [0.15, 0.2) is 17.2 Å². The summed E-state index contributed by atoms with van der Waals surface area (Å²) in [6.45, 7) is 0. The lowest BCUT2D eigenvalue weighted by molar-refractivity contribution is -0.386. The molecule has 1 rings (SSSR count). The van der Waals surface area contributed by atoms with E-state index in [0.717, 1.165) is 12.3 Å². The molecule has 0 saturated heterocycles. The summed E-state index contributed by atoms with van der Waals surface area (Å²) < 4.78 is 4.80. The van der Waals surface area contributed by atoms with E-state index in [2.05, 4.69) is 10.5 Å². The van der Waals surface area contributed by atoms with E-state index in [9.17, 15) is 20.0 Å². The van der Waals surface area contributed by atoms with Gasteiger partial charge in [-0.2, -0.15) is 10.4 Å². The molecule has 0 fully saturated rings. The Balaban J connectivity index is 2.99. The molecule has 0 bridgehead atoms. The number of amides is 1. The van der Waals surface area contributed by atoms with Gasteiger partial charge in [0.05, 0.1) is 24.3 Å². The van der Waals surface area contributed by atoms with Gasteiger partial charge in [-0.1, -0.05) is 0 Å². The van der Waals surface area contributed by atoms with Gasteiger partial charge in [0.2, 0.25) is 5.75 Å². The van der Waals surface area contributed by atoms with E-state index in [-0.39, 0.29) is 17.7 Å². The molecule has 0 radical (unpaired) electrons. The van der Waals surface area contributed by atoms with Gasteiger partial charge in [0.1, 0.15) is 6.42 Å². The summed E-state index contributed by atoms with van der Waals surface area (Å²) in [6, 6.07) is 4.01. The standard InChI is InChI=1S/C11H10N4O5/c1-20-9-5-7(4-8(11(9)17)15(18)19)6-13-14-10(16)2-3-12/h4-6,17H,2H2,1H3,(H,14,16)/b13-6-. The number of nitro benzene ring substituents is 1. The smallest absolute Gasteiger partial charge is 0.315 e. The average molecular weight is 278 g/mol. The van der Waals surface area contributed by atoms with Gasteiger partial charge in [-0.3, -0.25) is 14.9 Å². The topological polar surface area (TPSA) is 138 Å². The molecule has 1 aromatic carbocycles. The normalized spacial score (nSPS) is 10.0. The first kappa shape index (κ1) is 14.9. The molecule has 104 valence electrons. The third-order valence-electron chi connectivity index (χ3n) is 2.14. The van der Waals surface area contributed by atoms with Crippen molar-refractivity contribution in [3.05, 3.63) is 27.8 Å². The molecule has 9 nitrogen and oxygen atoms in total. The van der Waals surface area contributed by atoms with Crippen molar-refractivity contribution >= 4 is 17.8 Å². The Morgan fingerprint density at radius 2 is 2.40 bits per heavy atom. The number of aromatic hydroxyl groups is 1. The highest BCUT2D eigenvalue weighted by Gasteiger charge is 2.19. The number of carbonyl (C=O) groups excluding carboxylic acids is 1. The summed E-state index contributed by atoms with van der Waals surface area (Å²) in [6.07, 6.45) is 0.778. The minimum atomic E-state index is -0.774. The molecule has 20 heavy (non-hydrogen) atoms. The van der Waals surface area contributed by atoms with Crippen molar-refractivity contribution in [3.63, 3.8) is 0 Å². The number of nitrogens with zero attached hydrogens (tertiary/aromatic N) is 3. The number of hydrogen-bond donors (Lipinski definition) is 2. The van der Waals surface area contributed by atoms with Crippen LogP contribution in [0, 0.1) is 21.4 Å². The molecule has 0 atom stereocenters. The van der Waals surface area contributed by atoms with E-state index in [0.29, 0.717) is 0 Å². The SMILES string of the molecule is COc1cc(/C=N\NC(=O)CC#N)cc([N+](=O)[O-])c1O. The van der Waals surface area contributed by atoms with Gasteiger partial charge in [0.25, 0.3) is 5.91 Å². The van der Waals surface area contributed by atoms with Crippen LogP contribution >= 0.6 is 0 Å². The highest BCUT2D eigenvalue weighted by atomic mass is 16.6. The van der Waals surface area contributed by atoms with Crippen LogP contribution in [-0.4, -0.2) is 29.3 Å². The first-order valence-corrected chi connectivity index (χ1v) is 5.23. The number of carbonyl (C=O) groups is 1. The molecule has 0 heterocycles. The van der Waals surface area contributed by atoms with Crippen molar-refractivity contribution in [3.8, 4) is 17.6 Å². The molecule has 1 aromatic rings. The lowest BCUT2D eigenvalue weighted by Crippen LogP contribution is -2.16. The highest BCUT2D eigenvalue weighted by molar-refractivity contribution is 5.85. The molecule has 0 aliphatic carbocycles. The summed E-state index contributed by atoms with van der Waals surface area (Å²) >= 11 is 0. The molecule has 0 aromatic heterocycles. The van der Waals surface area contributed by atoms with Crippen LogP contribution in [0.3, 0.4) is 0 Å². The number of nitrogens with one attached hydrogen (secondary N) is 1. The third kappa shape index (κ3) is 3.67. The van der Waals surface area contributed by atoms with Gasteiger partial charge in [0, 0.05) is 11.6 Å². The van der Waals surface area contributed by atoms with Crippen molar-refractivity contribution in [2.45, 2.75) is 6.42 Å². The maximum absolute atomic E-state index is 11.0. The maximum Gasteiger partial charge on any atom is 0.315 e. The first-order chi connectivity index (χ1) is 9.49. The lowest BCUT2D eigenvalue weighted by Gasteiger charge is -2.04. The van der Waals surface area contributed by atoms with E-state index in [1.54, 1.807) is 6.07 Å². The number of benzene rings is 1. The fourth-order valence-electron chi connectivity index (χ4n) is 1.27. The zero-order chi connectivity index (χ0) is 15.1. The van der Waals surface area contributed by atoms with Gasteiger partial charge >= 0.3 is 5.69 Å². The molecule has 2 N–H and O–H groups in total. The zero-order valence-corrected chi connectivity index (χ0v) is 10.4. The molecular formula is C11H10N4O5. The quantitative estimate of drug-likeness (QED) is 0.461. The number of nitriles is 1. The van der Waals surface area contributed by atoms with Crippen LogP contribution in [0.4, 0.5) is 5.69 Å². The summed E-state index contributed by atoms with van der Waals surface area (Å²) in [4.78, 5) is 20.9. The molecule has 0 aliphatic heterocycles. The van der Waals surface area contributed by atoms with E-state index in [1.807, 2.05) is 0 Å². The Hall–Kier alpha value is -3.15. The number of phenolic OH excluding ortho intramolecular Hbond substituents is 1. The number of hydrazone groups is 1. The van der Waals surface area contributed by atoms with E-state index in [4.69, 9.17) is 10.00 Å². The molecule has 0 saturated carbocycles. The molecule has 0 unspecified atom stereocenters. The van der Waals surface area contributed by atoms with Crippen LogP contribution in [0.2, 0.25) is 0 Å². The number of phenols is 1. The lowest BCUT2D eigenvalue weighted by atomic mass is 10.2. The van der Waals surface area contributed by atoms with E-state index < -0.39 is 22.3 Å². The van der Waals surface area contributed by atoms with Crippen molar-refractivity contribution in [2.75, 3.05) is 7.11 Å². The fraction of sp³-hybridized carbons (Fsp3) is 0.182. The summed E-state index contributed by atoms with van der Waals surface area (Å²) in [7, 11) is 1.24. The minimum absolute atomic E-state index is 0.0935. The molecular weight excluding hydrogens is 268 g/mol. The Morgan fingerprint density at radius 1 is 1.70 bits per heavy atom. The summed E-state index contributed by atoms with van der Waals surface area (Å²) in [5, 5.41) is 32.1. The van der Waals surface area contributed by atoms with Crippen LogP contribution in [0.1, 0.15) is 12.0 Å². The van der Waals surface area contributed by atoms with Crippen molar-refractivity contribution in [1.82, 2.24) is 5.43 Å². The highest BCUT2D eigenvalue weighted by Crippen LogP contribution is 2.36. The second-order valence-electron chi connectivity index (χ2n) is 3.48. The molecule has 0 aliphatic rings. The van der Waals surface area contributed by atoms with Gasteiger partial charge in [0.15, 0.2) is 5.75 Å². The fourth-order valence-corrected chi connectivity index (χ4v) is 1.27. The predicted molar refractivity (Wildman–Crippen MR) is 67.3 cm³/mol. The largest absolute Gasteiger partial charge is 0.500 e. The second kappa shape index (κ2) is 6.69. The Bertz CT molecular complexity index is 606. The third-order valence-corrected chi connectivity index (χ3v) is 2.14. The predicted octanol–water partition coefficient (Wildman–Crippen LogP) is 0.673. The number of hydrogen-bond acceptors (Lipinski definition) is 7. The van der Waals surface area contributed by atoms with Crippen LogP contribution < -0.4 is 10.2 Å². The Labute approximate surface area is 113 Å². The monoisotopic (exact) mass is 278 g/mol. The van der Waals surface area contributed by atoms with E-state index in [1.165, 1.54) is 13.2 Å². The van der Waals surface area contributed by atoms with Crippen LogP contribution in [-0.2, 0) is 4.79 Å². The van der Waals surface area contributed by atoms with Gasteiger partial charge < -0.3 is 9.84 Å². The van der Waals surface area contributed by atoms with Gasteiger partial charge in [-0.05, 0) is 6.07 Å². The Morgan fingerprint density at radius 3 is 2.95 bits per heavy atom. The number of rotatable bonds is 5. The minimum Gasteiger partial charge on any atom is -0.500 e. The van der Waals surface area contributed by atoms with Crippen LogP contribution in [0.5, 0.6) is 11.5 Å². The summed E-state index contributed by atoms with van der Waals surface area (Å²) in [5.41, 5.74) is 1.76. The molecule has 9 heteroatoms. The maximum atomic E-state index is 11.0. The van der Waals surface area contributed by atoms with Gasteiger partial charge in [-0.15, -0.1) is 0 Å². The zero-order valence-electron chi connectivity index (χ0n) is 10.4. The van der Waals surface area contributed by atoms with Crippen molar-refractivity contribution < 1.29 is 19.6 Å². The van der Waals surface area contributed by atoms with E-state index >= 15 is 0 Å². The Kier molecular flexibility index (Phi) is 4.99. The summed E-state index contributed by atoms with van der Waals surface area (Å²) in [5.74, 6) is -1.30. The number of nitro groups is 1. The van der Waals surface area contributed by atoms with Crippen LogP contribution in [0.25, 0.3) is 0 Å². The van der Waals surface area contributed by atoms with Crippen molar-refractivity contribution in [2.24, 2.45) is 5.10 Å².